The van der Waals surface area contributed by atoms with Gasteiger partial charge < -0.3 is 14.8 Å². The van der Waals surface area contributed by atoms with Gasteiger partial charge in [-0.3, -0.25) is 4.79 Å². The lowest BCUT2D eigenvalue weighted by atomic mass is 10.1. The van der Waals surface area contributed by atoms with E-state index in [2.05, 4.69) is 5.32 Å². The fourth-order valence-electron chi connectivity index (χ4n) is 2.84. The Hall–Kier alpha value is -3.53. The molecule has 0 atom stereocenters. The third-order valence-electron chi connectivity index (χ3n) is 4.42. The van der Waals surface area contributed by atoms with Gasteiger partial charge >= 0.3 is 0 Å². The fraction of sp³-hybridized carbons (Fsp3) is 0.120. The van der Waals surface area contributed by atoms with Gasteiger partial charge in [0.2, 0.25) is 0 Å². The molecule has 3 aromatic rings. The monoisotopic (exact) mass is 484 g/mol. The molecular formula is C25H19Cl2FN2O3. The largest absolute Gasteiger partial charge is 0.490 e. The van der Waals surface area contributed by atoms with Crippen LogP contribution in [0.2, 0.25) is 10.0 Å². The predicted octanol–water partition coefficient (Wildman–Crippen LogP) is 6.66. The number of carbonyl (C=O) groups is 1. The molecule has 0 aromatic heterocycles. The number of ether oxygens (including phenoxy) is 2. The van der Waals surface area contributed by atoms with Crippen molar-refractivity contribution < 1.29 is 18.7 Å². The first-order chi connectivity index (χ1) is 15.9. The summed E-state index contributed by atoms with van der Waals surface area (Å²) in [7, 11) is 0. The highest BCUT2D eigenvalue weighted by Crippen LogP contribution is 2.31. The SMILES string of the molecule is CCOc1cc(/C=C(/C#N)C(=O)Nc2ccc(F)cc2)ccc1OCc1ccc(Cl)c(Cl)c1. The molecule has 1 amide bonds. The highest BCUT2D eigenvalue weighted by Gasteiger charge is 2.12. The van der Waals surface area contributed by atoms with Crippen LogP contribution in [0, 0.1) is 17.1 Å². The summed E-state index contributed by atoms with van der Waals surface area (Å²) < 4.78 is 24.6. The zero-order valence-corrected chi connectivity index (χ0v) is 19.1. The minimum atomic E-state index is -0.609. The van der Waals surface area contributed by atoms with E-state index in [1.807, 2.05) is 19.1 Å². The first kappa shape index (κ1) is 24.1. The van der Waals surface area contributed by atoms with Gasteiger partial charge in [0.25, 0.3) is 5.91 Å². The maximum absolute atomic E-state index is 13.0. The second-order valence-electron chi connectivity index (χ2n) is 6.81. The first-order valence-electron chi connectivity index (χ1n) is 9.92. The van der Waals surface area contributed by atoms with E-state index in [1.165, 1.54) is 30.3 Å². The Kier molecular flexibility index (Phi) is 8.31. The van der Waals surface area contributed by atoms with Crippen molar-refractivity contribution in [2.24, 2.45) is 0 Å². The lowest BCUT2D eigenvalue weighted by Crippen LogP contribution is -2.13. The normalized spacial score (nSPS) is 10.9. The Bertz CT molecular complexity index is 1220. The molecule has 5 nitrogen and oxygen atoms in total. The average Bonchev–Trinajstić information content (AvgIpc) is 2.80. The smallest absolute Gasteiger partial charge is 0.266 e. The molecule has 0 fully saturated rings. The fourth-order valence-corrected chi connectivity index (χ4v) is 3.16. The van der Waals surface area contributed by atoms with Gasteiger partial charge in [-0.05, 0) is 72.7 Å². The molecule has 168 valence electrons. The maximum Gasteiger partial charge on any atom is 0.266 e. The van der Waals surface area contributed by atoms with E-state index in [-0.39, 0.29) is 12.2 Å². The van der Waals surface area contributed by atoms with Crippen molar-refractivity contribution in [3.05, 3.63) is 93.2 Å². The van der Waals surface area contributed by atoms with Crippen LogP contribution in [0.1, 0.15) is 18.1 Å². The maximum atomic E-state index is 13.0. The average molecular weight is 485 g/mol. The molecule has 0 aliphatic carbocycles. The molecule has 0 unspecified atom stereocenters. The topological polar surface area (TPSA) is 71.3 Å². The van der Waals surface area contributed by atoms with Crippen molar-refractivity contribution >= 4 is 40.9 Å². The van der Waals surface area contributed by atoms with Crippen LogP contribution in [0.25, 0.3) is 6.08 Å². The van der Waals surface area contributed by atoms with Crippen LogP contribution >= 0.6 is 23.2 Å². The van der Waals surface area contributed by atoms with Gasteiger partial charge in [0.05, 0.1) is 16.7 Å². The second kappa shape index (κ2) is 11.4. The molecule has 33 heavy (non-hydrogen) atoms. The summed E-state index contributed by atoms with van der Waals surface area (Å²) in [6.07, 6.45) is 1.43. The van der Waals surface area contributed by atoms with Crippen LogP contribution in [-0.4, -0.2) is 12.5 Å². The molecular weight excluding hydrogens is 466 g/mol. The van der Waals surface area contributed by atoms with E-state index >= 15 is 0 Å². The Morgan fingerprint density at radius 1 is 1.03 bits per heavy atom. The third kappa shape index (κ3) is 6.72. The lowest BCUT2D eigenvalue weighted by molar-refractivity contribution is -0.112. The predicted molar refractivity (Wildman–Crippen MR) is 127 cm³/mol. The minimum Gasteiger partial charge on any atom is -0.490 e. The summed E-state index contributed by atoms with van der Waals surface area (Å²) in [4.78, 5) is 12.4. The zero-order chi connectivity index (χ0) is 23.8. The highest BCUT2D eigenvalue weighted by atomic mass is 35.5. The Morgan fingerprint density at radius 2 is 1.79 bits per heavy atom. The quantitative estimate of drug-likeness (QED) is 0.286. The zero-order valence-electron chi connectivity index (χ0n) is 17.6. The Balaban J connectivity index is 1.77. The van der Waals surface area contributed by atoms with Crippen LogP contribution in [0.4, 0.5) is 10.1 Å². The van der Waals surface area contributed by atoms with E-state index in [9.17, 15) is 14.4 Å². The molecule has 0 saturated carbocycles. The van der Waals surface area contributed by atoms with Crippen molar-refractivity contribution in [1.82, 2.24) is 0 Å². The molecule has 1 N–H and O–H groups in total. The van der Waals surface area contributed by atoms with Gasteiger partial charge in [0.15, 0.2) is 11.5 Å². The van der Waals surface area contributed by atoms with Gasteiger partial charge in [0.1, 0.15) is 24.1 Å². The summed E-state index contributed by atoms with van der Waals surface area (Å²) in [6.45, 7) is 2.48. The number of anilines is 1. The molecule has 3 aromatic carbocycles. The molecule has 0 aliphatic rings. The van der Waals surface area contributed by atoms with Crippen molar-refractivity contribution in [3.8, 4) is 17.6 Å². The van der Waals surface area contributed by atoms with Gasteiger partial charge in [-0.1, -0.05) is 35.3 Å². The summed E-state index contributed by atoms with van der Waals surface area (Å²) >= 11 is 12.0. The van der Waals surface area contributed by atoms with E-state index in [0.29, 0.717) is 39.4 Å². The molecule has 3 rings (SSSR count). The second-order valence-corrected chi connectivity index (χ2v) is 7.62. The van der Waals surface area contributed by atoms with Gasteiger partial charge in [-0.2, -0.15) is 5.26 Å². The van der Waals surface area contributed by atoms with Crippen molar-refractivity contribution in [1.29, 1.82) is 5.26 Å². The van der Waals surface area contributed by atoms with Crippen molar-refractivity contribution in [2.45, 2.75) is 13.5 Å². The number of nitriles is 1. The Morgan fingerprint density at radius 3 is 2.45 bits per heavy atom. The molecule has 8 heteroatoms. The van der Waals surface area contributed by atoms with Gasteiger partial charge in [-0.25, -0.2) is 4.39 Å². The number of nitrogens with one attached hydrogen (secondary N) is 1. The minimum absolute atomic E-state index is 0.119. The molecule has 0 radical (unpaired) electrons. The van der Waals surface area contributed by atoms with Gasteiger partial charge in [0, 0.05) is 5.69 Å². The van der Waals surface area contributed by atoms with Crippen LogP contribution in [0.3, 0.4) is 0 Å². The molecule has 0 saturated heterocycles. The summed E-state index contributed by atoms with van der Waals surface area (Å²) in [6, 6.07) is 17.4. The number of rotatable bonds is 8. The summed E-state index contributed by atoms with van der Waals surface area (Å²) in [5.74, 6) is -0.0760. The van der Waals surface area contributed by atoms with E-state index < -0.39 is 11.7 Å². The lowest BCUT2D eigenvalue weighted by Gasteiger charge is -2.13. The van der Waals surface area contributed by atoms with E-state index in [1.54, 1.807) is 30.3 Å². The number of nitrogens with zero attached hydrogens (tertiary/aromatic N) is 1. The van der Waals surface area contributed by atoms with Crippen molar-refractivity contribution in [3.63, 3.8) is 0 Å². The van der Waals surface area contributed by atoms with Crippen LogP contribution in [0.5, 0.6) is 11.5 Å². The highest BCUT2D eigenvalue weighted by molar-refractivity contribution is 6.42. The molecule has 0 spiro atoms. The van der Waals surface area contributed by atoms with E-state index in [0.717, 1.165) is 5.56 Å². The van der Waals surface area contributed by atoms with Gasteiger partial charge in [-0.15, -0.1) is 0 Å². The van der Waals surface area contributed by atoms with Crippen LogP contribution < -0.4 is 14.8 Å². The van der Waals surface area contributed by atoms with Crippen LogP contribution in [-0.2, 0) is 11.4 Å². The Labute approximate surface area is 201 Å². The number of benzene rings is 3. The third-order valence-corrected chi connectivity index (χ3v) is 5.16. The number of amides is 1. The first-order valence-corrected chi connectivity index (χ1v) is 10.7. The number of hydrogen-bond donors (Lipinski definition) is 1. The molecule has 0 heterocycles. The van der Waals surface area contributed by atoms with E-state index in [4.69, 9.17) is 32.7 Å². The molecule has 0 bridgehead atoms. The molecule has 0 aliphatic heterocycles. The summed E-state index contributed by atoms with van der Waals surface area (Å²) in [5.41, 5.74) is 1.67. The number of hydrogen-bond acceptors (Lipinski definition) is 4. The van der Waals surface area contributed by atoms with Crippen LogP contribution in [0.15, 0.2) is 66.2 Å². The number of halogens is 3. The summed E-state index contributed by atoms with van der Waals surface area (Å²) in [5, 5.41) is 12.9. The van der Waals surface area contributed by atoms with Crippen molar-refractivity contribution in [2.75, 3.05) is 11.9 Å². The number of carbonyl (C=O) groups excluding carboxylic acids is 1. The standard InChI is InChI=1S/C25H19Cl2FN2O3/c1-2-32-24-13-16(4-10-23(24)33-15-17-3-9-21(26)22(27)12-17)11-18(14-29)25(31)30-20-7-5-19(28)6-8-20/h3-13H,2,15H2,1H3,(H,30,31)/b18-11-.